The third kappa shape index (κ3) is 8.59. The van der Waals surface area contributed by atoms with Crippen molar-refractivity contribution in [2.75, 3.05) is 6.61 Å². The molecule has 2 aromatic rings. The summed E-state index contributed by atoms with van der Waals surface area (Å²) < 4.78 is 32.3. The predicted molar refractivity (Wildman–Crippen MR) is 167 cm³/mol. The van der Waals surface area contributed by atoms with E-state index >= 15 is 0 Å². The fraction of sp³-hybridized carbons (Fsp3) is 0.594. The maximum Gasteiger partial charge on any atom is 0.338 e. The Balaban J connectivity index is 2.00. The van der Waals surface area contributed by atoms with Crippen LogP contribution in [0.15, 0.2) is 60.7 Å². The van der Waals surface area contributed by atoms with Gasteiger partial charge in [0.25, 0.3) is 0 Å². The molecule has 5 atom stereocenters. The number of aliphatic hydroxyl groups is 1. The molecular formula is C32H50O7Si2. The van der Waals surface area contributed by atoms with Gasteiger partial charge < -0.3 is 28.2 Å². The van der Waals surface area contributed by atoms with E-state index < -0.39 is 53.3 Å². The lowest BCUT2D eigenvalue weighted by molar-refractivity contribution is -0.282. The Morgan fingerprint density at radius 1 is 0.780 bits per heavy atom. The molecule has 1 saturated heterocycles. The van der Waals surface area contributed by atoms with Gasteiger partial charge in [-0.25, -0.2) is 4.79 Å². The van der Waals surface area contributed by atoms with E-state index in [9.17, 15) is 9.90 Å². The molecule has 0 spiro atoms. The standard InChI is InChI=1S/C32H50O7Si2/c1-31(2,3)40(7,8)38-26-25(22-35-21-23-17-13-11-14-18-23)36-30(34)28(27(26)39-41(9,10)32(4,5)6)37-29(33)24-19-15-12-16-20-24/h11-20,25-28,30,34H,21-22H2,1-10H3/t25-,26-,27+,28-,30?/m1/s1. The molecule has 2 aromatic carbocycles. The van der Waals surface area contributed by atoms with Gasteiger partial charge in [-0.2, -0.15) is 0 Å². The highest BCUT2D eigenvalue weighted by atomic mass is 28.4. The predicted octanol–water partition coefficient (Wildman–Crippen LogP) is 6.93. The monoisotopic (exact) mass is 602 g/mol. The van der Waals surface area contributed by atoms with Crippen LogP contribution < -0.4 is 0 Å². The van der Waals surface area contributed by atoms with E-state index in [0.29, 0.717) is 12.2 Å². The van der Waals surface area contributed by atoms with Crippen molar-refractivity contribution in [3.63, 3.8) is 0 Å². The van der Waals surface area contributed by atoms with Crippen molar-refractivity contribution in [2.45, 2.75) is 115 Å². The Hall–Kier alpha value is -1.86. The average Bonchev–Trinajstić information content (AvgIpc) is 2.87. The first kappa shape index (κ1) is 33.6. The zero-order valence-electron chi connectivity index (χ0n) is 26.5. The van der Waals surface area contributed by atoms with Crippen molar-refractivity contribution < 1.29 is 33.0 Å². The van der Waals surface area contributed by atoms with E-state index in [2.05, 4.69) is 67.7 Å². The quantitative estimate of drug-likeness (QED) is 0.233. The zero-order valence-corrected chi connectivity index (χ0v) is 28.5. The van der Waals surface area contributed by atoms with E-state index in [4.69, 9.17) is 23.1 Å². The Morgan fingerprint density at radius 3 is 1.78 bits per heavy atom. The molecule has 0 saturated carbocycles. The van der Waals surface area contributed by atoms with Gasteiger partial charge in [0.05, 0.1) is 18.8 Å². The Morgan fingerprint density at radius 2 is 1.27 bits per heavy atom. The average molecular weight is 603 g/mol. The van der Waals surface area contributed by atoms with Gasteiger partial charge in [-0.05, 0) is 54.0 Å². The van der Waals surface area contributed by atoms with Crippen LogP contribution >= 0.6 is 0 Å². The highest BCUT2D eigenvalue weighted by molar-refractivity contribution is 6.74. The second-order valence-electron chi connectivity index (χ2n) is 14.0. The lowest BCUT2D eigenvalue weighted by Gasteiger charge is -2.51. The van der Waals surface area contributed by atoms with Crippen LogP contribution in [0.2, 0.25) is 36.3 Å². The maximum atomic E-state index is 13.2. The SMILES string of the molecule is CC(C)(C)[Si](C)(C)O[C@H]1[C@H](O[Si](C)(C)C(C)(C)C)[C@@H](OC(=O)c2ccccc2)C(O)O[C@@H]1COCc1ccccc1. The first-order chi connectivity index (χ1) is 18.9. The zero-order chi connectivity index (χ0) is 30.6. The molecule has 1 fully saturated rings. The van der Waals surface area contributed by atoms with Crippen molar-refractivity contribution in [3.05, 3.63) is 71.8 Å². The molecule has 9 heteroatoms. The lowest BCUT2D eigenvalue weighted by atomic mass is 9.99. The van der Waals surface area contributed by atoms with Gasteiger partial charge in [-0.1, -0.05) is 90.1 Å². The number of esters is 1. The minimum absolute atomic E-state index is 0.101. The normalized spacial score (nSPS) is 24.2. The van der Waals surface area contributed by atoms with Crippen LogP contribution in [0.25, 0.3) is 0 Å². The number of carbonyl (C=O) groups excluding carboxylic acids is 1. The smallest absolute Gasteiger partial charge is 0.338 e. The third-order valence-corrected chi connectivity index (χ3v) is 17.7. The minimum atomic E-state index is -2.43. The van der Waals surface area contributed by atoms with Gasteiger partial charge in [0.2, 0.25) is 0 Å². The largest absolute Gasteiger partial charge is 0.450 e. The molecular weight excluding hydrogens is 553 g/mol. The molecule has 0 aromatic heterocycles. The van der Waals surface area contributed by atoms with Gasteiger partial charge in [0, 0.05) is 0 Å². The summed E-state index contributed by atoms with van der Waals surface area (Å²) in [4.78, 5) is 13.2. The molecule has 1 aliphatic heterocycles. The molecule has 1 aliphatic rings. The molecule has 7 nitrogen and oxygen atoms in total. The molecule has 228 valence electrons. The minimum Gasteiger partial charge on any atom is -0.450 e. The summed E-state index contributed by atoms with van der Waals surface area (Å²) in [6, 6.07) is 18.7. The van der Waals surface area contributed by atoms with Gasteiger partial charge in [-0.3, -0.25) is 0 Å². The van der Waals surface area contributed by atoms with Crippen molar-refractivity contribution >= 4 is 22.6 Å². The molecule has 0 aliphatic carbocycles. The van der Waals surface area contributed by atoms with Crippen molar-refractivity contribution in [1.29, 1.82) is 0 Å². The molecule has 1 heterocycles. The van der Waals surface area contributed by atoms with E-state index in [1.165, 1.54) is 0 Å². The summed E-state index contributed by atoms with van der Waals surface area (Å²) in [5, 5.41) is 11.1. The molecule has 1 unspecified atom stereocenters. The van der Waals surface area contributed by atoms with Crippen LogP contribution in [0.1, 0.15) is 57.5 Å². The van der Waals surface area contributed by atoms with Crippen LogP contribution in [0, 0.1) is 0 Å². The second-order valence-corrected chi connectivity index (χ2v) is 23.5. The van der Waals surface area contributed by atoms with Crippen LogP contribution in [0.3, 0.4) is 0 Å². The Kier molecular flexibility index (Phi) is 10.8. The number of hydrogen-bond acceptors (Lipinski definition) is 7. The van der Waals surface area contributed by atoms with E-state index in [-0.39, 0.29) is 16.7 Å². The van der Waals surface area contributed by atoms with E-state index in [1.54, 1.807) is 24.3 Å². The first-order valence-electron chi connectivity index (χ1n) is 14.5. The fourth-order valence-electron chi connectivity index (χ4n) is 4.10. The number of benzene rings is 2. The lowest BCUT2D eigenvalue weighted by Crippen LogP contribution is -2.66. The summed E-state index contributed by atoms with van der Waals surface area (Å²) in [6.45, 7) is 22.2. The molecule has 1 N–H and O–H groups in total. The molecule has 0 amide bonds. The molecule has 0 bridgehead atoms. The topological polar surface area (TPSA) is 83.5 Å². The van der Waals surface area contributed by atoms with Gasteiger partial charge >= 0.3 is 5.97 Å². The molecule has 0 radical (unpaired) electrons. The highest BCUT2D eigenvalue weighted by Gasteiger charge is 2.55. The number of aliphatic hydroxyl groups excluding tert-OH is 1. The second kappa shape index (κ2) is 13.2. The van der Waals surface area contributed by atoms with Crippen molar-refractivity contribution in [2.24, 2.45) is 0 Å². The first-order valence-corrected chi connectivity index (χ1v) is 20.3. The number of ether oxygens (including phenoxy) is 3. The summed E-state index contributed by atoms with van der Waals surface area (Å²) in [5.41, 5.74) is 1.43. The Labute approximate surface area is 248 Å². The van der Waals surface area contributed by atoms with E-state index in [0.717, 1.165) is 5.56 Å². The molecule has 3 rings (SSSR count). The Bertz CT molecular complexity index is 1110. The summed E-state index contributed by atoms with van der Waals surface area (Å²) in [7, 11) is -4.81. The van der Waals surface area contributed by atoms with Crippen LogP contribution in [0.4, 0.5) is 0 Å². The van der Waals surface area contributed by atoms with Crippen molar-refractivity contribution in [1.82, 2.24) is 0 Å². The molecule has 41 heavy (non-hydrogen) atoms. The van der Waals surface area contributed by atoms with Crippen molar-refractivity contribution in [3.8, 4) is 0 Å². The fourth-order valence-corrected chi connectivity index (χ4v) is 6.72. The third-order valence-electron chi connectivity index (χ3n) is 8.73. The van der Waals surface area contributed by atoms with Gasteiger partial charge in [0.1, 0.15) is 18.3 Å². The number of carbonyl (C=O) groups is 1. The summed E-state index contributed by atoms with van der Waals surface area (Å²) >= 11 is 0. The number of rotatable bonds is 10. The van der Waals surface area contributed by atoms with Gasteiger partial charge in [-0.15, -0.1) is 0 Å². The maximum absolute atomic E-state index is 13.2. The highest BCUT2D eigenvalue weighted by Crippen LogP contribution is 2.43. The number of hydrogen-bond donors (Lipinski definition) is 1. The summed E-state index contributed by atoms with van der Waals surface area (Å²) in [6.07, 6.45) is -4.52. The van der Waals surface area contributed by atoms with Crippen LogP contribution in [0.5, 0.6) is 0 Å². The van der Waals surface area contributed by atoms with Gasteiger partial charge in [0.15, 0.2) is 29.0 Å². The van der Waals surface area contributed by atoms with Crippen LogP contribution in [-0.4, -0.2) is 65.0 Å². The van der Waals surface area contributed by atoms with Crippen LogP contribution in [-0.2, 0) is 29.7 Å². The van der Waals surface area contributed by atoms with E-state index in [1.807, 2.05) is 36.4 Å². The summed E-state index contributed by atoms with van der Waals surface area (Å²) in [5.74, 6) is -0.549.